The fourth-order valence-electron chi connectivity index (χ4n) is 3.53. The van der Waals surface area contributed by atoms with Crippen LogP contribution in [0.25, 0.3) is 6.08 Å². The molecule has 1 aliphatic rings. The normalized spacial score (nSPS) is 14.6. The average Bonchev–Trinajstić information content (AvgIpc) is 2.87. The summed E-state index contributed by atoms with van der Waals surface area (Å²) in [5, 5.41) is 5.37. The molecule has 3 aromatic rings. The molecule has 1 heterocycles. The largest absolute Gasteiger partial charge is 0.483 e. The summed E-state index contributed by atoms with van der Waals surface area (Å²) in [6.45, 7) is 1.86. The van der Waals surface area contributed by atoms with Crippen molar-refractivity contribution in [1.82, 2.24) is 5.32 Å². The van der Waals surface area contributed by atoms with E-state index in [4.69, 9.17) is 17.0 Å². The second-order valence-electron chi connectivity index (χ2n) is 7.87. The van der Waals surface area contributed by atoms with Gasteiger partial charge in [0.15, 0.2) is 11.7 Å². The molecule has 7 nitrogen and oxygen atoms in total. The van der Waals surface area contributed by atoms with Gasteiger partial charge in [0.25, 0.3) is 17.7 Å². The van der Waals surface area contributed by atoms with Gasteiger partial charge in [0, 0.05) is 5.69 Å². The van der Waals surface area contributed by atoms with Crippen molar-refractivity contribution in [2.75, 3.05) is 16.8 Å². The highest BCUT2D eigenvalue weighted by atomic mass is 79.9. The van der Waals surface area contributed by atoms with Gasteiger partial charge < -0.3 is 10.1 Å². The van der Waals surface area contributed by atoms with Gasteiger partial charge in [0.1, 0.15) is 11.3 Å². The van der Waals surface area contributed by atoms with Crippen LogP contribution in [0.1, 0.15) is 18.1 Å². The van der Waals surface area contributed by atoms with Gasteiger partial charge in [-0.3, -0.25) is 24.6 Å². The van der Waals surface area contributed by atoms with Crippen LogP contribution in [0.3, 0.4) is 0 Å². The standard InChI is InChI=1S/C27H22BrN3O4S/c1-2-17-8-11-20(12-9-17)31-26(34)21(25(33)30-27(31)36)14-18-10-13-23(22(28)15-18)35-16-24(32)29-19-6-4-3-5-7-19/h3-15H,2,16H2,1H3,(H,29,32)(H,30,33,36)/b21-14+. The summed E-state index contributed by atoms with van der Waals surface area (Å²) in [5.41, 5.74) is 2.92. The Morgan fingerprint density at radius 1 is 1.08 bits per heavy atom. The van der Waals surface area contributed by atoms with E-state index >= 15 is 0 Å². The van der Waals surface area contributed by atoms with Crippen LogP contribution in [-0.4, -0.2) is 29.4 Å². The monoisotopic (exact) mass is 563 g/mol. The number of nitrogens with zero attached hydrogens (tertiary/aromatic N) is 1. The second kappa shape index (κ2) is 11.3. The zero-order valence-electron chi connectivity index (χ0n) is 19.3. The molecule has 0 bridgehead atoms. The number of para-hydroxylation sites is 1. The molecule has 36 heavy (non-hydrogen) atoms. The summed E-state index contributed by atoms with van der Waals surface area (Å²) in [4.78, 5) is 39.3. The smallest absolute Gasteiger partial charge is 0.270 e. The molecule has 1 aliphatic heterocycles. The predicted octanol–water partition coefficient (Wildman–Crippen LogP) is 4.86. The second-order valence-corrected chi connectivity index (χ2v) is 9.11. The quantitative estimate of drug-likeness (QED) is 0.243. The van der Waals surface area contributed by atoms with Crippen LogP contribution in [0.5, 0.6) is 5.75 Å². The van der Waals surface area contributed by atoms with Crippen molar-refractivity contribution in [3.8, 4) is 5.75 Å². The Bertz CT molecular complexity index is 1360. The molecule has 0 atom stereocenters. The maximum Gasteiger partial charge on any atom is 0.270 e. The number of carbonyl (C=O) groups is 3. The maximum atomic E-state index is 13.2. The number of hydrogen-bond acceptors (Lipinski definition) is 5. The number of nitrogens with one attached hydrogen (secondary N) is 2. The number of carbonyl (C=O) groups excluding carboxylic acids is 3. The molecule has 182 valence electrons. The summed E-state index contributed by atoms with van der Waals surface area (Å²) < 4.78 is 6.18. The van der Waals surface area contributed by atoms with Crippen molar-refractivity contribution in [2.45, 2.75) is 13.3 Å². The third kappa shape index (κ3) is 5.87. The van der Waals surface area contributed by atoms with E-state index in [1.54, 1.807) is 42.5 Å². The van der Waals surface area contributed by atoms with Crippen LogP contribution >= 0.6 is 28.1 Å². The molecule has 0 unspecified atom stereocenters. The Labute approximate surface area is 222 Å². The van der Waals surface area contributed by atoms with Gasteiger partial charge in [-0.15, -0.1) is 0 Å². The number of rotatable bonds is 7. The number of halogens is 1. The number of ether oxygens (including phenoxy) is 1. The van der Waals surface area contributed by atoms with Gasteiger partial charge in [-0.05, 0) is 88.2 Å². The molecule has 0 radical (unpaired) electrons. The zero-order valence-corrected chi connectivity index (χ0v) is 21.7. The lowest BCUT2D eigenvalue weighted by molar-refractivity contribution is -0.122. The lowest BCUT2D eigenvalue weighted by Gasteiger charge is -2.29. The van der Waals surface area contributed by atoms with Crippen molar-refractivity contribution < 1.29 is 19.1 Å². The summed E-state index contributed by atoms with van der Waals surface area (Å²) in [5.74, 6) is -0.937. The van der Waals surface area contributed by atoms with Crippen LogP contribution in [0.4, 0.5) is 11.4 Å². The van der Waals surface area contributed by atoms with Gasteiger partial charge in [-0.25, -0.2) is 0 Å². The van der Waals surface area contributed by atoms with Crippen molar-refractivity contribution in [3.63, 3.8) is 0 Å². The molecule has 1 fully saturated rings. The summed E-state index contributed by atoms with van der Waals surface area (Å²) >= 11 is 8.69. The predicted molar refractivity (Wildman–Crippen MR) is 147 cm³/mol. The van der Waals surface area contributed by atoms with E-state index in [9.17, 15) is 14.4 Å². The zero-order chi connectivity index (χ0) is 25.7. The molecule has 0 saturated carbocycles. The third-order valence-electron chi connectivity index (χ3n) is 5.39. The van der Waals surface area contributed by atoms with E-state index in [0.717, 1.165) is 12.0 Å². The first kappa shape index (κ1) is 25.3. The van der Waals surface area contributed by atoms with Crippen LogP contribution in [-0.2, 0) is 20.8 Å². The third-order valence-corrected chi connectivity index (χ3v) is 6.29. The van der Waals surface area contributed by atoms with E-state index in [2.05, 4.69) is 26.6 Å². The SMILES string of the molecule is CCc1ccc(N2C(=O)/C(=C/c3ccc(OCC(=O)Nc4ccccc4)c(Br)c3)C(=O)NC2=S)cc1. The van der Waals surface area contributed by atoms with Crippen LogP contribution in [0.2, 0.25) is 0 Å². The minimum Gasteiger partial charge on any atom is -0.483 e. The highest BCUT2D eigenvalue weighted by Gasteiger charge is 2.34. The Kier molecular flexibility index (Phi) is 7.92. The molecular weight excluding hydrogens is 542 g/mol. The molecule has 3 amide bonds. The molecule has 1 saturated heterocycles. The minimum absolute atomic E-state index is 0.0325. The van der Waals surface area contributed by atoms with Gasteiger partial charge in [-0.1, -0.05) is 43.3 Å². The van der Waals surface area contributed by atoms with Gasteiger partial charge in [0.05, 0.1) is 10.2 Å². The number of anilines is 2. The molecule has 4 rings (SSSR count). The van der Waals surface area contributed by atoms with E-state index in [1.165, 1.54) is 11.0 Å². The highest BCUT2D eigenvalue weighted by Crippen LogP contribution is 2.28. The summed E-state index contributed by atoms with van der Waals surface area (Å²) in [6, 6.07) is 21.6. The molecule has 3 aromatic carbocycles. The Morgan fingerprint density at radius 2 is 1.81 bits per heavy atom. The summed E-state index contributed by atoms with van der Waals surface area (Å²) in [6.07, 6.45) is 2.36. The lowest BCUT2D eigenvalue weighted by atomic mass is 10.1. The number of amides is 3. The fraction of sp³-hybridized carbons (Fsp3) is 0.111. The van der Waals surface area contributed by atoms with Crippen LogP contribution in [0.15, 0.2) is 82.8 Å². The molecule has 0 aliphatic carbocycles. The van der Waals surface area contributed by atoms with E-state index in [1.807, 2.05) is 37.3 Å². The molecule has 0 spiro atoms. The molecule has 9 heteroatoms. The topological polar surface area (TPSA) is 87.7 Å². The first-order valence-corrected chi connectivity index (χ1v) is 12.3. The maximum absolute atomic E-state index is 13.2. The van der Waals surface area contributed by atoms with Gasteiger partial charge in [0.2, 0.25) is 0 Å². The highest BCUT2D eigenvalue weighted by molar-refractivity contribution is 9.10. The van der Waals surface area contributed by atoms with Gasteiger partial charge >= 0.3 is 0 Å². The fourth-order valence-corrected chi connectivity index (χ4v) is 4.32. The van der Waals surface area contributed by atoms with E-state index in [0.29, 0.717) is 27.2 Å². The Hall–Kier alpha value is -3.82. The number of thiocarbonyl (C=S) groups is 1. The lowest BCUT2D eigenvalue weighted by Crippen LogP contribution is -2.54. The van der Waals surface area contributed by atoms with Crippen molar-refractivity contribution >= 4 is 68.4 Å². The van der Waals surface area contributed by atoms with Crippen molar-refractivity contribution in [3.05, 3.63) is 94.0 Å². The molecule has 0 aromatic heterocycles. The minimum atomic E-state index is -0.569. The number of benzene rings is 3. The van der Waals surface area contributed by atoms with Crippen molar-refractivity contribution in [2.24, 2.45) is 0 Å². The average molecular weight is 564 g/mol. The Balaban J connectivity index is 1.48. The Morgan fingerprint density at radius 3 is 2.47 bits per heavy atom. The van der Waals surface area contributed by atoms with E-state index in [-0.39, 0.29) is 23.2 Å². The van der Waals surface area contributed by atoms with Crippen molar-refractivity contribution in [1.29, 1.82) is 0 Å². The molecular formula is C27H22BrN3O4S. The number of aryl methyl sites for hydroxylation is 1. The number of hydrogen-bond donors (Lipinski definition) is 2. The van der Waals surface area contributed by atoms with Crippen LogP contribution in [0, 0.1) is 0 Å². The van der Waals surface area contributed by atoms with Crippen LogP contribution < -0.4 is 20.3 Å². The summed E-state index contributed by atoms with van der Waals surface area (Å²) in [7, 11) is 0. The molecule has 2 N–H and O–H groups in total. The van der Waals surface area contributed by atoms with Gasteiger partial charge in [-0.2, -0.15) is 0 Å². The first-order valence-electron chi connectivity index (χ1n) is 11.1. The van der Waals surface area contributed by atoms with E-state index < -0.39 is 11.8 Å². The first-order chi connectivity index (χ1) is 17.4.